The number of pyridine rings is 1. The van der Waals surface area contributed by atoms with Gasteiger partial charge in [0, 0.05) is 12.4 Å². The van der Waals surface area contributed by atoms with E-state index < -0.39 is 10.0 Å². The van der Waals surface area contributed by atoms with Gasteiger partial charge in [-0.05, 0) is 66.6 Å². The standard InChI is InChI=1S/C21H20N2O3S/c1-16-3-10-21(18(15-16)5-4-17-11-13-22-14-12-17)23-27(24,25)20-8-6-19(26-2)7-9-20/h3-15,23H,1-2H3. The molecule has 5 nitrogen and oxygen atoms in total. The average Bonchev–Trinajstić information content (AvgIpc) is 2.69. The van der Waals surface area contributed by atoms with Crippen molar-refractivity contribution in [1.29, 1.82) is 0 Å². The van der Waals surface area contributed by atoms with Gasteiger partial charge in [-0.2, -0.15) is 0 Å². The number of aryl methyl sites for hydroxylation is 1. The predicted molar refractivity (Wildman–Crippen MR) is 108 cm³/mol. The number of anilines is 1. The van der Waals surface area contributed by atoms with Crippen LogP contribution in [0.4, 0.5) is 5.69 Å². The first-order valence-electron chi connectivity index (χ1n) is 8.33. The second-order valence-electron chi connectivity index (χ2n) is 5.99. The summed E-state index contributed by atoms with van der Waals surface area (Å²) in [5.41, 5.74) is 3.32. The molecule has 1 N–H and O–H groups in total. The molecular weight excluding hydrogens is 360 g/mol. The molecule has 0 saturated carbocycles. The molecule has 1 heterocycles. The number of hydrogen-bond acceptors (Lipinski definition) is 4. The second-order valence-corrected chi connectivity index (χ2v) is 7.67. The molecule has 0 atom stereocenters. The van der Waals surface area contributed by atoms with Gasteiger partial charge >= 0.3 is 0 Å². The summed E-state index contributed by atoms with van der Waals surface area (Å²) in [7, 11) is -2.17. The maximum Gasteiger partial charge on any atom is 0.261 e. The van der Waals surface area contributed by atoms with Gasteiger partial charge in [0.15, 0.2) is 0 Å². The number of benzene rings is 2. The fourth-order valence-corrected chi connectivity index (χ4v) is 3.62. The van der Waals surface area contributed by atoms with Crippen LogP contribution in [0.25, 0.3) is 12.2 Å². The second kappa shape index (κ2) is 8.05. The van der Waals surface area contributed by atoms with Crippen LogP contribution in [0.15, 0.2) is 71.9 Å². The highest BCUT2D eigenvalue weighted by atomic mass is 32.2. The van der Waals surface area contributed by atoms with Crippen LogP contribution in [-0.2, 0) is 10.0 Å². The van der Waals surface area contributed by atoms with Crippen LogP contribution >= 0.6 is 0 Å². The highest BCUT2D eigenvalue weighted by Gasteiger charge is 2.15. The van der Waals surface area contributed by atoms with Crippen LogP contribution in [0.5, 0.6) is 5.75 Å². The number of rotatable bonds is 6. The SMILES string of the molecule is COc1ccc(S(=O)(=O)Nc2ccc(C)cc2C=Cc2ccncc2)cc1. The Kier molecular flexibility index (Phi) is 5.57. The molecule has 1 aromatic heterocycles. The molecule has 2 aromatic carbocycles. The number of nitrogens with zero attached hydrogens (tertiary/aromatic N) is 1. The van der Waals surface area contributed by atoms with E-state index in [-0.39, 0.29) is 4.90 Å². The Hall–Kier alpha value is -3.12. The molecule has 0 aliphatic rings. The monoisotopic (exact) mass is 380 g/mol. The third-order valence-electron chi connectivity index (χ3n) is 3.98. The number of hydrogen-bond donors (Lipinski definition) is 1. The summed E-state index contributed by atoms with van der Waals surface area (Å²) in [5, 5.41) is 0. The van der Waals surface area contributed by atoms with Crippen molar-refractivity contribution in [2.45, 2.75) is 11.8 Å². The van der Waals surface area contributed by atoms with Gasteiger partial charge in [0.2, 0.25) is 0 Å². The number of nitrogens with one attached hydrogen (secondary N) is 1. The van der Waals surface area contributed by atoms with Gasteiger partial charge in [0.25, 0.3) is 10.0 Å². The first kappa shape index (κ1) is 18.7. The third kappa shape index (κ3) is 4.74. The summed E-state index contributed by atoms with van der Waals surface area (Å²) in [6.07, 6.45) is 7.22. The first-order chi connectivity index (χ1) is 13.0. The Balaban J connectivity index is 1.91. The van der Waals surface area contributed by atoms with Crippen molar-refractivity contribution in [3.8, 4) is 5.75 Å². The lowest BCUT2D eigenvalue weighted by Gasteiger charge is -2.12. The minimum absolute atomic E-state index is 0.174. The number of aromatic nitrogens is 1. The topological polar surface area (TPSA) is 68.3 Å². The zero-order valence-electron chi connectivity index (χ0n) is 15.1. The Labute approximate surface area is 159 Å². The number of sulfonamides is 1. The smallest absolute Gasteiger partial charge is 0.261 e. The summed E-state index contributed by atoms with van der Waals surface area (Å²) >= 11 is 0. The fraction of sp³-hybridized carbons (Fsp3) is 0.0952. The molecule has 0 aliphatic heterocycles. The van der Waals surface area contributed by atoms with Crippen molar-refractivity contribution >= 4 is 27.9 Å². The quantitative estimate of drug-likeness (QED) is 0.689. The van der Waals surface area contributed by atoms with Crippen LogP contribution in [-0.4, -0.2) is 20.5 Å². The fourth-order valence-electron chi connectivity index (χ4n) is 2.53. The molecule has 0 fully saturated rings. The van der Waals surface area contributed by atoms with E-state index in [9.17, 15) is 8.42 Å². The molecule has 0 unspecified atom stereocenters. The Morgan fingerprint density at radius 1 is 0.963 bits per heavy atom. The van der Waals surface area contributed by atoms with Crippen LogP contribution in [0.3, 0.4) is 0 Å². The minimum atomic E-state index is -3.71. The Bertz CT molecular complexity index is 1040. The molecule has 27 heavy (non-hydrogen) atoms. The maximum atomic E-state index is 12.7. The summed E-state index contributed by atoms with van der Waals surface area (Å²) in [5.74, 6) is 0.602. The van der Waals surface area contributed by atoms with Crippen molar-refractivity contribution in [2.75, 3.05) is 11.8 Å². The zero-order valence-corrected chi connectivity index (χ0v) is 15.9. The van der Waals surface area contributed by atoms with E-state index in [1.165, 1.54) is 19.2 Å². The molecule has 0 saturated heterocycles. The van der Waals surface area contributed by atoms with E-state index in [2.05, 4.69) is 9.71 Å². The molecule has 0 aliphatic carbocycles. The largest absolute Gasteiger partial charge is 0.497 e. The molecule has 3 aromatic rings. The van der Waals surface area contributed by atoms with Crippen LogP contribution in [0.1, 0.15) is 16.7 Å². The number of ether oxygens (including phenoxy) is 1. The summed E-state index contributed by atoms with van der Waals surface area (Å²) in [6.45, 7) is 1.96. The highest BCUT2D eigenvalue weighted by Crippen LogP contribution is 2.24. The highest BCUT2D eigenvalue weighted by molar-refractivity contribution is 7.92. The van der Waals surface area contributed by atoms with Crippen LogP contribution in [0.2, 0.25) is 0 Å². The molecule has 0 spiro atoms. The van der Waals surface area contributed by atoms with Gasteiger partial charge in [-0.15, -0.1) is 0 Å². The zero-order chi connectivity index (χ0) is 19.3. The molecule has 6 heteroatoms. The van der Waals surface area contributed by atoms with Crippen molar-refractivity contribution in [2.24, 2.45) is 0 Å². The minimum Gasteiger partial charge on any atom is -0.497 e. The lowest BCUT2D eigenvalue weighted by Crippen LogP contribution is -2.13. The van der Waals surface area contributed by atoms with E-state index in [0.717, 1.165) is 16.7 Å². The molecule has 3 rings (SSSR count). The maximum absolute atomic E-state index is 12.7. The van der Waals surface area contributed by atoms with Gasteiger partial charge < -0.3 is 4.74 Å². The summed E-state index contributed by atoms with van der Waals surface area (Å²) < 4.78 is 33.2. The lowest BCUT2D eigenvalue weighted by molar-refractivity contribution is 0.414. The first-order valence-corrected chi connectivity index (χ1v) is 9.82. The van der Waals surface area contributed by atoms with E-state index >= 15 is 0 Å². The van der Waals surface area contributed by atoms with Gasteiger partial charge in [-0.25, -0.2) is 8.42 Å². The molecular formula is C21H20N2O3S. The van der Waals surface area contributed by atoms with Gasteiger partial charge in [-0.1, -0.05) is 23.8 Å². The Morgan fingerprint density at radius 3 is 2.33 bits per heavy atom. The molecule has 0 radical (unpaired) electrons. The van der Waals surface area contributed by atoms with E-state index in [0.29, 0.717) is 11.4 Å². The number of methoxy groups -OCH3 is 1. The van der Waals surface area contributed by atoms with E-state index in [1.54, 1.807) is 30.6 Å². The van der Waals surface area contributed by atoms with Crippen molar-refractivity contribution in [3.05, 3.63) is 83.7 Å². The summed E-state index contributed by atoms with van der Waals surface area (Å²) in [6, 6.07) is 15.6. The summed E-state index contributed by atoms with van der Waals surface area (Å²) in [4.78, 5) is 4.17. The predicted octanol–water partition coefficient (Wildman–Crippen LogP) is 4.37. The van der Waals surface area contributed by atoms with Crippen molar-refractivity contribution in [1.82, 2.24) is 4.98 Å². The average molecular weight is 380 g/mol. The van der Waals surface area contributed by atoms with Crippen LogP contribution < -0.4 is 9.46 Å². The lowest BCUT2D eigenvalue weighted by atomic mass is 10.1. The van der Waals surface area contributed by atoms with Gasteiger partial charge in [0.1, 0.15) is 5.75 Å². The van der Waals surface area contributed by atoms with Crippen molar-refractivity contribution < 1.29 is 13.2 Å². The van der Waals surface area contributed by atoms with E-state index in [1.807, 2.05) is 43.3 Å². The molecule has 0 bridgehead atoms. The van der Waals surface area contributed by atoms with Gasteiger partial charge in [0.05, 0.1) is 17.7 Å². The Morgan fingerprint density at radius 2 is 1.67 bits per heavy atom. The molecule has 138 valence electrons. The normalized spacial score (nSPS) is 11.5. The van der Waals surface area contributed by atoms with Crippen molar-refractivity contribution in [3.63, 3.8) is 0 Å². The van der Waals surface area contributed by atoms with Crippen LogP contribution in [0, 0.1) is 6.92 Å². The molecule has 0 amide bonds. The van der Waals surface area contributed by atoms with E-state index in [4.69, 9.17) is 4.74 Å². The third-order valence-corrected chi connectivity index (χ3v) is 5.36. The van der Waals surface area contributed by atoms with Gasteiger partial charge in [-0.3, -0.25) is 9.71 Å².